The molecular formula is C22H27NO2. The molecule has 1 heterocycles. The molecule has 0 aromatic carbocycles. The highest BCUT2D eigenvalue weighted by Crippen LogP contribution is 2.58. The number of hydrogen-bond acceptors (Lipinski definition) is 3. The van der Waals surface area contributed by atoms with E-state index in [9.17, 15) is 9.90 Å². The number of hydrogen-bond donors (Lipinski definition) is 1. The van der Waals surface area contributed by atoms with E-state index in [1.807, 2.05) is 18.2 Å². The van der Waals surface area contributed by atoms with Crippen molar-refractivity contribution in [1.82, 2.24) is 0 Å². The van der Waals surface area contributed by atoms with Crippen molar-refractivity contribution in [1.29, 1.82) is 0 Å². The average Bonchev–Trinajstić information content (AvgIpc) is 3.49. The van der Waals surface area contributed by atoms with Crippen LogP contribution in [0.4, 0.5) is 0 Å². The first kappa shape index (κ1) is 15.6. The van der Waals surface area contributed by atoms with Gasteiger partial charge in [-0.1, -0.05) is 24.3 Å². The fourth-order valence-corrected chi connectivity index (χ4v) is 5.38. The maximum atomic E-state index is 12.9. The average molecular weight is 337 g/mol. The summed E-state index contributed by atoms with van der Waals surface area (Å²) in [5.41, 5.74) is 1.44. The zero-order valence-corrected chi connectivity index (χ0v) is 14.7. The van der Waals surface area contributed by atoms with E-state index in [1.165, 1.54) is 38.5 Å². The lowest BCUT2D eigenvalue weighted by atomic mass is 9.62. The van der Waals surface area contributed by atoms with Crippen LogP contribution in [0.5, 0.6) is 0 Å². The second kappa shape index (κ2) is 5.96. The van der Waals surface area contributed by atoms with Gasteiger partial charge in [-0.15, -0.1) is 0 Å². The van der Waals surface area contributed by atoms with Gasteiger partial charge in [-0.25, -0.2) is 4.99 Å². The summed E-state index contributed by atoms with van der Waals surface area (Å²) in [6.07, 6.45) is 17.4. The van der Waals surface area contributed by atoms with Crippen LogP contribution in [0, 0.1) is 35.5 Å². The number of fused-ring (bicyclic) bond motifs is 1. The first-order chi connectivity index (χ1) is 12.2. The Morgan fingerprint density at radius 3 is 2.52 bits per heavy atom. The molecule has 3 heteroatoms. The fraction of sp³-hybridized carbons (Fsp3) is 0.636. The maximum Gasteiger partial charge on any atom is 0.215 e. The first-order valence-electron chi connectivity index (χ1n) is 10.1. The van der Waals surface area contributed by atoms with Gasteiger partial charge in [-0.3, -0.25) is 4.79 Å². The molecule has 5 aliphatic rings. The second-order valence-corrected chi connectivity index (χ2v) is 8.77. The summed E-state index contributed by atoms with van der Waals surface area (Å²) >= 11 is 0. The lowest BCUT2D eigenvalue weighted by molar-refractivity contribution is -0.115. The Bertz CT molecular complexity index is 694. The number of carbonyl (C=O) groups excluding carboxylic acids is 1. The minimum absolute atomic E-state index is 0.0409. The minimum Gasteiger partial charge on any atom is -0.493 e. The highest BCUT2D eigenvalue weighted by atomic mass is 16.3. The number of ketones is 1. The fourth-order valence-electron chi connectivity index (χ4n) is 5.38. The number of aliphatic imine (C=N–C) groups is 1. The molecular weight excluding hydrogens is 310 g/mol. The summed E-state index contributed by atoms with van der Waals surface area (Å²) in [6.45, 7) is 0. The molecule has 3 nitrogen and oxygen atoms in total. The molecule has 3 saturated carbocycles. The van der Waals surface area contributed by atoms with Gasteiger partial charge >= 0.3 is 0 Å². The molecule has 0 radical (unpaired) electrons. The number of aliphatic hydroxyl groups is 1. The molecule has 0 spiro atoms. The molecule has 3 fully saturated rings. The van der Waals surface area contributed by atoms with Crippen LogP contribution >= 0.6 is 0 Å². The SMILES string of the molecule is O=C(CC1CCC1C(C1CC1)C1CC1)C1=NC(O)=C2C=CC=CC2C1. The summed E-state index contributed by atoms with van der Waals surface area (Å²) < 4.78 is 0. The quantitative estimate of drug-likeness (QED) is 0.759. The van der Waals surface area contributed by atoms with Crippen molar-refractivity contribution >= 4 is 11.5 Å². The van der Waals surface area contributed by atoms with Crippen LogP contribution in [0.25, 0.3) is 0 Å². The number of Topliss-reactive ketones (excluding diaryl/α,β-unsaturated/α-hetero) is 1. The standard InChI is InChI=1S/C22H27NO2/c24-20(19-11-15-3-1-2-4-18(15)22(25)23-19)12-16-9-10-17(16)21(13-5-6-13)14-7-8-14/h1-4,13-17,21,25H,5-12H2. The van der Waals surface area contributed by atoms with Crippen molar-refractivity contribution in [2.45, 2.75) is 51.4 Å². The molecule has 3 atom stereocenters. The predicted octanol–water partition coefficient (Wildman–Crippen LogP) is 4.76. The third-order valence-corrected chi connectivity index (χ3v) is 7.11. The number of aliphatic hydroxyl groups excluding tert-OH is 1. The van der Waals surface area contributed by atoms with Crippen molar-refractivity contribution in [2.24, 2.45) is 40.5 Å². The predicted molar refractivity (Wildman–Crippen MR) is 98.3 cm³/mol. The normalized spacial score (nSPS) is 34.0. The summed E-state index contributed by atoms with van der Waals surface area (Å²) in [4.78, 5) is 17.1. The third-order valence-electron chi connectivity index (χ3n) is 7.11. The van der Waals surface area contributed by atoms with E-state index < -0.39 is 0 Å². The van der Waals surface area contributed by atoms with Crippen LogP contribution < -0.4 is 0 Å². The van der Waals surface area contributed by atoms with Gasteiger partial charge in [-0.2, -0.15) is 0 Å². The Kier molecular flexibility index (Phi) is 3.72. The van der Waals surface area contributed by atoms with Gasteiger partial charge in [0.15, 0.2) is 5.78 Å². The van der Waals surface area contributed by atoms with Crippen LogP contribution in [-0.4, -0.2) is 16.6 Å². The van der Waals surface area contributed by atoms with Crippen LogP contribution in [0.15, 0.2) is 40.8 Å². The van der Waals surface area contributed by atoms with Crippen molar-refractivity contribution in [3.05, 3.63) is 35.8 Å². The molecule has 1 N–H and O–H groups in total. The highest BCUT2D eigenvalue weighted by Gasteiger charge is 2.50. The molecule has 4 aliphatic carbocycles. The zero-order valence-electron chi connectivity index (χ0n) is 14.7. The molecule has 5 rings (SSSR count). The van der Waals surface area contributed by atoms with Gasteiger partial charge in [-0.05, 0) is 68.1 Å². The Balaban J connectivity index is 1.27. The molecule has 0 bridgehead atoms. The van der Waals surface area contributed by atoms with E-state index in [0.29, 0.717) is 24.5 Å². The van der Waals surface area contributed by atoms with Gasteiger partial charge < -0.3 is 5.11 Å². The van der Waals surface area contributed by atoms with E-state index in [-0.39, 0.29) is 17.6 Å². The molecule has 0 amide bonds. The number of allylic oxidation sites excluding steroid dienone is 5. The van der Waals surface area contributed by atoms with E-state index in [2.05, 4.69) is 11.1 Å². The molecule has 132 valence electrons. The van der Waals surface area contributed by atoms with Crippen molar-refractivity contribution in [3.63, 3.8) is 0 Å². The van der Waals surface area contributed by atoms with E-state index >= 15 is 0 Å². The van der Waals surface area contributed by atoms with Gasteiger partial charge in [0, 0.05) is 24.3 Å². The maximum absolute atomic E-state index is 12.9. The van der Waals surface area contributed by atoms with E-state index in [1.54, 1.807) is 0 Å². The van der Waals surface area contributed by atoms with Crippen molar-refractivity contribution in [3.8, 4) is 0 Å². The van der Waals surface area contributed by atoms with Crippen molar-refractivity contribution < 1.29 is 9.90 Å². The van der Waals surface area contributed by atoms with Crippen molar-refractivity contribution in [2.75, 3.05) is 0 Å². The van der Waals surface area contributed by atoms with Crippen LogP contribution in [0.1, 0.15) is 51.4 Å². The molecule has 3 unspecified atom stereocenters. The van der Waals surface area contributed by atoms with Gasteiger partial charge in [0.2, 0.25) is 5.88 Å². The topological polar surface area (TPSA) is 49.7 Å². The zero-order chi connectivity index (χ0) is 17.0. The molecule has 0 saturated heterocycles. The van der Waals surface area contributed by atoms with E-state index in [4.69, 9.17) is 0 Å². The second-order valence-electron chi connectivity index (χ2n) is 8.77. The largest absolute Gasteiger partial charge is 0.493 e. The highest BCUT2D eigenvalue weighted by molar-refractivity contribution is 6.40. The monoisotopic (exact) mass is 337 g/mol. The summed E-state index contributed by atoms with van der Waals surface area (Å²) in [7, 11) is 0. The first-order valence-corrected chi connectivity index (χ1v) is 10.1. The Morgan fingerprint density at radius 1 is 1.12 bits per heavy atom. The van der Waals surface area contributed by atoms with E-state index in [0.717, 1.165) is 29.2 Å². The van der Waals surface area contributed by atoms with Gasteiger partial charge in [0.1, 0.15) is 0 Å². The Morgan fingerprint density at radius 2 is 1.88 bits per heavy atom. The summed E-state index contributed by atoms with van der Waals surface area (Å²) in [5.74, 6) is 4.52. The molecule has 25 heavy (non-hydrogen) atoms. The minimum atomic E-state index is 0.0409. The summed E-state index contributed by atoms with van der Waals surface area (Å²) in [6, 6.07) is 0. The Hall–Kier alpha value is -1.64. The van der Waals surface area contributed by atoms with Crippen LogP contribution in [0.2, 0.25) is 0 Å². The lowest BCUT2D eigenvalue weighted by Crippen LogP contribution is -2.37. The molecule has 0 aromatic rings. The van der Waals surface area contributed by atoms with Crippen LogP contribution in [0.3, 0.4) is 0 Å². The number of rotatable bonds is 6. The Labute approximate surface area is 149 Å². The van der Waals surface area contributed by atoms with Gasteiger partial charge in [0.05, 0.1) is 5.71 Å². The van der Waals surface area contributed by atoms with Gasteiger partial charge in [0.25, 0.3) is 0 Å². The number of nitrogens with zero attached hydrogens (tertiary/aromatic N) is 1. The smallest absolute Gasteiger partial charge is 0.215 e. The molecule has 1 aliphatic heterocycles. The summed E-state index contributed by atoms with van der Waals surface area (Å²) in [5, 5.41) is 10.2. The lowest BCUT2D eigenvalue weighted by Gasteiger charge is -2.42. The number of carbonyl (C=O) groups is 1. The molecule has 0 aromatic heterocycles. The van der Waals surface area contributed by atoms with Crippen LogP contribution in [-0.2, 0) is 4.79 Å². The third kappa shape index (κ3) is 2.92.